The highest BCUT2D eigenvalue weighted by atomic mass is 19.2. The van der Waals surface area contributed by atoms with Crippen LogP contribution in [0.1, 0.15) is 19.4 Å². The predicted molar refractivity (Wildman–Crippen MR) is 52.8 cm³/mol. The molecule has 1 rings (SSSR count). The first-order valence-electron chi connectivity index (χ1n) is 4.80. The summed E-state index contributed by atoms with van der Waals surface area (Å²) < 4.78 is 38.3. The molecule has 0 aliphatic heterocycles. The molecular weight excluding hydrogens is 203 g/mol. The Morgan fingerprint density at radius 3 is 2.00 bits per heavy atom. The van der Waals surface area contributed by atoms with Crippen molar-refractivity contribution in [2.75, 3.05) is 0 Å². The molecule has 0 heterocycles. The summed E-state index contributed by atoms with van der Waals surface area (Å²) in [6, 6.07) is 1.79. The number of hydrogen-bond acceptors (Lipinski definition) is 1. The molecule has 0 radical (unpaired) electrons. The highest BCUT2D eigenvalue weighted by molar-refractivity contribution is 5.20. The van der Waals surface area contributed by atoms with Crippen molar-refractivity contribution in [3.8, 4) is 0 Å². The van der Waals surface area contributed by atoms with Gasteiger partial charge in [-0.3, -0.25) is 0 Å². The SMILES string of the molecule is CC(C)C(N)Cc1cc(F)c(F)c(F)c1. The summed E-state index contributed by atoms with van der Waals surface area (Å²) in [5.41, 5.74) is 6.13. The Hall–Kier alpha value is -1.03. The first-order valence-corrected chi connectivity index (χ1v) is 4.80. The van der Waals surface area contributed by atoms with E-state index in [2.05, 4.69) is 0 Å². The van der Waals surface area contributed by atoms with Crippen molar-refractivity contribution >= 4 is 0 Å². The molecule has 0 bridgehead atoms. The van der Waals surface area contributed by atoms with E-state index in [0.29, 0.717) is 12.0 Å². The van der Waals surface area contributed by atoms with Crippen LogP contribution in [0.2, 0.25) is 0 Å². The standard InChI is InChI=1S/C11H14F3N/c1-6(2)10(15)5-7-3-8(12)11(14)9(13)4-7/h3-4,6,10H,5,15H2,1-2H3. The van der Waals surface area contributed by atoms with Gasteiger partial charge in [0, 0.05) is 6.04 Å². The molecule has 1 aromatic carbocycles. The molecule has 0 spiro atoms. The molecular formula is C11H14F3N. The van der Waals surface area contributed by atoms with Gasteiger partial charge in [-0.1, -0.05) is 13.8 Å². The van der Waals surface area contributed by atoms with Crippen molar-refractivity contribution in [1.82, 2.24) is 0 Å². The van der Waals surface area contributed by atoms with Gasteiger partial charge >= 0.3 is 0 Å². The molecule has 0 amide bonds. The molecule has 1 aromatic rings. The maximum absolute atomic E-state index is 12.8. The van der Waals surface area contributed by atoms with E-state index in [4.69, 9.17) is 5.73 Å². The van der Waals surface area contributed by atoms with Crippen LogP contribution in [-0.4, -0.2) is 6.04 Å². The zero-order valence-corrected chi connectivity index (χ0v) is 8.73. The molecule has 2 N–H and O–H groups in total. The summed E-state index contributed by atoms with van der Waals surface area (Å²) in [5, 5.41) is 0. The van der Waals surface area contributed by atoms with Crippen molar-refractivity contribution in [2.24, 2.45) is 11.7 Å². The van der Waals surface area contributed by atoms with E-state index in [0.717, 1.165) is 12.1 Å². The Morgan fingerprint density at radius 1 is 1.13 bits per heavy atom. The van der Waals surface area contributed by atoms with Gasteiger partial charge in [0.2, 0.25) is 0 Å². The van der Waals surface area contributed by atoms with Gasteiger partial charge in [-0.05, 0) is 30.0 Å². The van der Waals surface area contributed by atoms with Crippen LogP contribution in [0.25, 0.3) is 0 Å². The van der Waals surface area contributed by atoms with Crippen LogP contribution in [0.5, 0.6) is 0 Å². The summed E-state index contributed by atoms with van der Waals surface area (Å²) in [5.74, 6) is -3.56. The van der Waals surface area contributed by atoms with Crippen molar-refractivity contribution < 1.29 is 13.2 Å². The zero-order chi connectivity index (χ0) is 11.6. The van der Waals surface area contributed by atoms with Gasteiger partial charge in [0.05, 0.1) is 0 Å². The molecule has 0 saturated heterocycles. The maximum atomic E-state index is 12.8. The summed E-state index contributed by atoms with van der Waals surface area (Å²) >= 11 is 0. The molecule has 0 fully saturated rings. The molecule has 0 aliphatic carbocycles. The number of hydrogen-bond donors (Lipinski definition) is 1. The first kappa shape index (κ1) is 12.0. The largest absolute Gasteiger partial charge is 0.327 e. The quantitative estimate of drug-likeness (QED) is 0.774. The fraction of sp³-hybridized carbons (Fsp3) is 0.455. The second-order valence-corrected chi connectivity index (χ2v) is 3.99. The van der Waals surface area contributed by atoms with Gasteiger partial charge in [0.25, 0.3) is 0 Å². The lowest BCUT2D eigenvalue weighted by atomic mass is 9.97. The molecule has 0 aromatic heterocycles. The van der Waals surface area contributed by atoms with Gasteiger partial charge < -0.3 is 5.73 Å². The highest BCUT2D eigenvalue weighted by Crippen LogP contribution is 2.16. The van der Waals surface area contributed by atoms with Gasteiger partial charge in [0.15, 0.2) is 17.5 Å². The summed E-state index contributed by atoms with van der Waals surface area (Å²) in [6.45, 7) is 3.84. The first-order chi connectivity index (χ1) is 6.91. The van der Waals surface area contributed by atoms with Gasteiger partial charge in [-0.2, -0.15) is 0 Å². The van der Waals surface area contributed by atoms with E-state index in [9.17, 15) is 13.2 Å². The van der Waals surface area contributed by atoms with Crippen molar-refractivity contribution in [3.63, 3.8) is 0 Å². The minimum Gasteiger partial charge on any atom is -0.327 e. The molecule has 15 heavy (non-hydrogen) atoms. The minimum absolute atomic E-state index is 0.186. The number of nitrogens with two attached hydrogens (primary N) is 1. The van der Waals surface area contributed by atoms with E-state index in [1.165, 1.54) is 0 Å². The normalized spacial score (nSPS) is 13.3. The lowest BCUT2D eigenvalue weighted by Gasteiger charge is -2.15. The topological polar surface area (TPSA) is 26.0 Å². The van der Waals surface area contributed by atoms with Crippen LogP contribution in [0.4, 0.5) is 13.2 Å². The van der Waals surface area contributed by atoms with Gasteiger partial charge in [-0.25, -0.2) is 13.2 Å². The van der Waals surface area contributed by atoms with Crippen molar-refractivity contribution in [3.05, 3.63) is 35.1 Å². The van der Waals surface area contributed by atoms with Crippen molar-refractivity contribution in [1.29, 1.82) is 0 Å². The Kier molecular flexibility index (Phi) is 3.74. The van der Waals surface area contributed by atoms with Crippen LogP contribution < -0.4 is 5.73 Å². The van der Waals surface area contributed by atoms with E-state index < -0.39 is 17.5 Å². The fourth-order valence-corrected chi connectivity index (χ4v) is 1.23. The van der Waals surface area contributed by atoms with Crippen LogP contribution in [0, 0.1) is 23.4 Å². The zero-order valence-electron chi connectivity index (χ0n) is 8.73. The van der Waals surface area contributed by atoms with Crippen LogP contribution in [-0.2, 0) is 6.42 Å². The third-order valence-electron chi connectivity index (χ3n) is 2.37. The number of benzene rings is 1. The van der Waals surface area contributed by atoms with Gasteiger partial charge in [0.1, 0.15) is 0 Å². The Balaban J connectivity index is 2.88. The average molecular weight is 217 g/mol. The molecule has 1 unspecified atom stereocenters. The Morgan fingerprint density at radius 2 is 1.60 bits per heavy atom. The van der Waals surface area contributed by atoms with Crippen LogP contribution in [0.15, 0.2) is 12.1 Å². The van der Waals surface area contributed by atoms with E-state index in [1.807, 2.05) is 13.8 Å². The molecule has 1 nitrogen and oxygen atoms in total. The molecule has 0 saturated carbocycles. The van der Waals surface area contributed by atoms with Crippen LogP contribution in [0.3, 0.4) is 0 Å². The molecule has 4 heteroatoms. The lowest BCUT2D eigenvalue weighted by Crippen LogP contribution is -2.28. The Labute approximate surface area is 87.1 Å². The summed E-state index contributed by atoms with van der Waals surface area (Å²) in [6.07, 6.45) is 0.339. The van der Waals surface area contributed by atoms with Crippen LogP contribution >= 0.6 is 0 Å². The molecule has 0 aliphatic rings. The molecule has 84 valence electrons. The lowest BCUT2D eigenvalue weighted by molar-refractivity contribution is 0.440. The average Bonchev–Trinajstić information content (AvgIpc) is 2.13. The Bertz CT molecular complexity index is 327. The third kappa shape index (κ3) is 2.96. The van der Waals surface area contributed by atoms with Gasteiger partial charge in [-0.15, -0.1) is 0 Å². The third-order valence-corrected chi connectivity index (χ3v) is 2.37. The second kappa shape index (κ2) is 4.66. The summed E-state index contributed by atoms with van der Waals surface area (Å²) in [4.78, 5) is 0. The highest BCUT2D eigenvalue weighted by Gasteiger charge is 2.14. The number of rotatable bonds is 3. The second-order valence-electron chi connectivity index (χ2n) is 3.99. The monoisotopic (exact) mass is 217 g/mol. The van der Waals surface area contributed by atoms with E-state index in [1.54, 1.807) is 0 Å². The minimum atomic E-state index is -1.43. The summed E-state index contributed by atoms with van der Waals surface area (Å²) in [7, 11) is 0. The van der Waals surface area contributed by atoms with Crippen molar-refractivity contribution in [2.45, 2.75) is 26.3 Å². The molecule has 1 atom stereocenters. The predicted octanol–water partition coefficient (Wildman–Crippen LogP) is 2.63. The smallest absolute Gasteiger partial charge is 0.194 e. The maximum Gasteiger partial charge on any atom is 0.194 e. The fourth-order valence-electron chi connectivity index (χ4n) is 1.23. The van der Waals surface area contributed by atoms with E-state index in [-0.39, 0.29) is 12.0 Å². The number of halogens is 3. The van der Waals surface area contributed by atoms with E-state index >= 15 is 0 Å².